The average Bonchev–Trinajstić information content (AvgIpc) is 3.15. The standard InChI is InChI=1S/C28H26Cl2N2O6/c1-5-38-22-12-15(6-11-21(22)33)24-23(25(34)19-13-16(29)14-20(30)27(19)37-4)26(35)28(36)32(24)18-9-7-17(8-10-18)31(2)3/h6-14,24,33-34H,5H2,1-4H3/b25-23+. The summed E-state index contributed by atoms with van der Waals surface area (Å²) in [5.41, 5.74) is 1.61. The molecule has 38 heavy (non-hydrogen) atoms. The van der Waals surface area contributed by atoms with Crippen LogP contribution in [0.3, 0.4) is 0 Å². The Morgan fingerprint density at radius 3 is 2.34 bits per heavy atom. The summed E-state index contributed by atoms with van der Waals surface area (Å²) < 4.78 is 10.9. The molecule has 1 aliphatic heterocycles. The molecule has 1 amide bonds. The summed E-state index contributed by atoms with van der Waals surface area (Å²) in [6.45, 7) is 2.04. The zero-order valence-corrected chi connectivity index (χ0v) is 22.7. The van der Waals surface area contributed by atoms with Crippen LogP contribution in [0.2, 0.25) is 10.0 Å². The molecule has 4 rings (SSSR count). The number of ketones is 1. The van der Waals surface area contributed by atoms with Gasteiger partial charge in [-0.05, 0) is 61.0 Å². The molecule has 10 heteroatoms. The van der Waals surface area contributed by atoms with Crippen LogP contribution in [0.1, 0.15) is 24.1 Å². The van der Waals surface area contributed by atoms with Crippen molar-refractivity contribution in [2.75, 3.05) is 37.6 Å². The number of aromatic hydroxyl groups is 1. The summed E-state index contributed by atoms with van der Waals surface area (Å²) >= 11 is 12.5. The van der Waals surface area contributed by atoms with Crippen molar-refractivity contribution in [1.82, 2.24) is 0 Å². The zero-order chi connectivity index (χ0) is 27.7. The summed E-state index contributed by atoms with van der Waals surface area (Å²) in [4.78, 5) is 30.2. The fraction of sp³-hybridized carbons (Fsp3) is 0.214. The fourth-order valence-electron chi connectivity index (χ4n) is 4.39. The minimum absolute atomic E-state index is 0.0553. The smallest absolute Gasteiger partial charge is 0.300 e. The first-order valence-electron chi connectivity index (χ1n) is 11.7. The highest BCUT2D eigenvalue weighted by atomic mass is 35.5. The van der Waals surface area contributed by atoms with Crippen molar-refractivity contribution >= 4 is 52.0 Å². The lowest BCUT2D eigenvalue weighted by Gasteiger charge is -2.26. The number of carbonyl (C=O) groups excluding carboxylic acids is 2. The zero-order valence-electron chi connectivity index (χ0n) is 21.2. The molecule has 3 aromatic rings. The number of aliphatic hydroxyl groups is 1. The van der Waals surface area contributed by atoms with E-state index in [-0.39, 0.29) is 45.0 Å². The molecular formula is C28H26Cl2N2O6. The number of aliphatic hydroxyl groups excluding tert-OH is 1. The Balaban J connectivity index is 2.00. The lowest BCUT2D eigenvalue weighted by atomic mass is 9.94. The number of phenolic OH excluding ortho intramolecular Hbond substituents is 1. The molecular weight excluding hydrogens is 531 g/mol. The number of ether oxygens (including phenoxy) is 2. The van der Waals surface area contributed by atoms with Crippen molar-refractivity contribution < 1.29 is 29.3 Å². The lowest BCUT2D eigenvalue weighted by Crippen LogP contribution is -2.29. The molecule has 1 saturated heterocycles. The first-order chi connectivity index (χ1) is 18.1. The Bertz CT molecular complexity index is 1440. The van der Waals surface area contributed by atoms with Gasteiger partial charge < -0.3 is 24.6 Å². The number of hydrogen-bond acceptors (Lipinski definition) is 7. The number of amides is 1. The number of nitrogens with zero attached hydrogens (tertiary/aromatic N) is 2. The van der Waals surface area contributed by atoms with Gasteiger partial charge in [0.15, 0.2) is 11.5 Å². The van der Waals surface area contributed by atoms with E-state index >= 15 is 0 Å². The largest absolute Gasteiger partial charge is 0.507 e. The van der Waals surface area contributed by atoms with Crippen molar-refractivity contribution in [2.45, 2.75) is 13.0 Å². The van der Waals surface area contributed by atoms with Gasteiger partial charge in [-0.25, -0.2) is 0 Å². The molecule has 0 radical (unpaired) electrons. The van der Waals surface area contributed by atoms with E-state index in [1.54, 1.807) is 25.1 Å². The first-order valence-corrected chi connectivity index (χ1v) is 12.4. The summed E-state index contributed by atoms with van der Waals surface area (Å²) in [6, 6.07) is 13.3. The van der Waals surface area contributed by atoms with E-state index in [0.29, 0.717) is 11.3 Å². The van der Waals surface area contributed by atoms with Gasteiger partial charge in [0.25, 0.3) is 11.7 Å². The number of carbonyl (C=O) groups is 2. The maximum atomic E-state index is 13.5. The van der Waals surface area contributed by atoms with E-state index in [2.05, 4.69) is 0 Å². The molecule has 0 saturated carbocycles. The Kier molecular flexibility index (Phi) is 7.76. The van der Waals surface area contributed by atoms with Crippen LogP contribution < -0.4 is 19.3 Å². The quantitative estimate of drug-likeness (QED) is 0.215. The number of methoxy groups -OCH3 is 1. The molecule has 0 aromatic heterocycles. The van der Waals surface area contributed by atoms with Gasteiger partial charge >= 0.3 is 0 Å². The molecule has 1 heterocycles. The molecule has 0 aliphatic carbocycles. The number of phenols is 1. The second-order valence-corrected chi connectivity index (χ2v) is 9.55. The van der Waals surface area contributed by atoms with Crippen LogP contribution in [-0.4, -0.2) is 49.7 Å². The number of benzene rings is 3. The van der Waals surface area contributed by atoms with E-state index in [1.165, 1.54) is 36.3 Å². The topological polar surface area (TPSA) is 99.5 Å². The molecule has 2 N–H and O–H groups in total. The van der Waals surface area contributed by atoms with Gasteiger partial charge in [-0.15, -0.1) is 0 Å². The summed E-state index contributed by atoms with van der Waals surface area (Å²) in [7, 11) is 5.13. The third kappa shape index (κ3) is 4.85. The van der Waals surface area contributed by atoms with Crippen LogP contribution in [0.25, 0.3) is 5.76 Å². The molecule has 198 valence electrons. The van der Waals surface area contributed by atoms with Crippen LogP contribution in [0.4, 0.5) is 11.4 Å². The van der Waals surface area contributed by atoms with Crippen molar-refractivity contribution in [1.29, 1.82) is 0 Å². The van der Waals surface area contributed by atoms with Gasteiger partial charge in [-0.3, -0.25) is 14.5 Å². The molecule has 1 fully saturated rings. The minimum atomic E-state index is -1.07. The van der Waals surface area contributed by atoms with Gasteiger partial charge in [0.05, 0.1) is 35.9 Å². The maximum absolute atomic E-state index is 13.5. The van der Waals surface area contributed by atoms with E-state index in [0.717, 1.165) is 5.69 Å². The second kappa shape index (κ2) is 10.8. The molecule has 1 atom stereocenters. The fourth-order valence-corrected chi connectivity index (χ4v) is 4.96. The molecule has 1 unspecified atom stereocenters. The predicted molar refractivity (Wildman–Crippen MR) is 148 cm³/mol. The van der Waals surface area contributed by atoms with Gasteiger partial charge in [0.2, 0.25) is 0 Å². The van der Waals surface area contributed by atoms with Gasteiger partial charge in [0, 0.05) is 30.5 Å². The number of halogens is 2. The Morgan fingerprint density at radius 1 is 1.05 bits per heavy atom. The van der Waals surface area contributed by atoms with Crippen molar-refractivity contribution in [2.24, 2.45) is 0 Å². The van der Waals surface area contributed by atoms with Gasteiger partial charge in [-0.2, -0.15) is 0 Å². The van der Waals surface area contributed by atoms with Crippen LogP contribution in [-0.2, 0) is 9.59 Å². The van der Waals surface area contributed by atoms with E-state index < -0.39 is 23.5 Å². The molecule has 0 spiro atoms. The first kappa shape index (κ1) is 27.2. The molecule has 1 aliphatic rings. The highest BCUT2D eigenvalue weighted by Crippen LogP contribution is 2.46. The summed E-state index contributed by atoms with van der Waals surface area (Å²) in [5.74, 6) is -2.10. The number of rotatable bonds is 7. The molecule has 0 bridgehead atoms. The summed E-state index contributed by atoms with van der Waals surface area (Å²) in [6.07, 6.45) is 0. The lowest BCUT2D eigenvalue weighted by molar-refractivity contribution is -0.132. The highest BCUT2D eigenvalue weighted by molar-refractivity contribution is 6.52. The van der Waals surface area contributed by atoms with Crippen LogP contribution in [0.5, 0.6) is 17.2 Å². The van der Waals surface area contributed by atoms with Gasteiger partial charge in [0.1, 0.15) is 11.5 Å². The van der Waals surface area contributed by atoms with E-state index in [9.17, 15) is 19.8 Å². The minimum Gasteiger partial charge on any atom is -0.507 e. The van der Waals surface area contributed by atoms with Crippen LogP contribution >= 0.6 is 23.2 Å². The van der Waals surface area contributed by atoms with Crippen LogP contribution in [0, 0.1) is 0 Å². The van der Waals surface area contributed by atoms with Crippen molar-refractivity contribution in [3.05, 3.63) is 81.3 Å². The number of hydrogen-bond donors (Lipinski definition) is 2. The second-order valence-electron chi connectivity index (χ2n) is 8.71. The summed E-state index contributed by atoms with van der Waals surface area (Å²) in [5, 5.41) is 22.1. The van der Waals surface area contributed by atoms with Gasteiger partial charge in [-0.1, -0.05) is 29.3 Å². The molecule has 8 nitrogen and oxygen atoms in total. The van der Waals surface area contributed by atoms with Crippen molar-refractivity contribution in [3.63, 3.8) is 0 Å². The number of anilines is 2. The molecule has 3 aromatic carbocycles. The third-order valence-corrected chi connectivity index (χ3v) is 6.65. The highest BCUT2D eigenvalue weighted by Gasteiger charge is 2.47. The number of Topliss-reactive ketones (excluding diaryl/α,β-unsaturated/α-hetero) is 1. The predicted octanol–water partition coefficient (Wildman–Crippen LogP) is 5.80. The van der Waals surface area contributed by atoms with E-state index in [1.807, 2.05) is 31.1 Å². The normalized spacial score (nSPS) is 16.6. The SMILES string of the molecule is CCOc1cc(C2/C(=C(\O)c3cc(Cl)cc(Cl)c3OC)C(=O)C(=O)N2c2ccc(N(C)C)cc2)ccc1O. The Morgan fingerprint density at radius 2 is 1.74 bits per heavy atom. The Labute approximate surface area is 230 Å². The van der Waals surface area contributed by atoms with E-state index in [4.69, 9.17) is 32.7 Å². The monoisotopic (exact) mass is 556 g/mol. The van der Waals surface area contributed by atoms with Crippen LogP contribution in [0.15, 0.2) is 60.2 Å². The maximum Gasteiger partial charge on any atom is 0.300 e. The average molecular weight is 557 g/mol. The van der Waals surface area contributed by atoms with Crippen molar-refractivity contribution in [3.8, 4) is 17.2 Å². The Hall–Kier alpha value is -3.88. The third-order valence-electron chi connectivity index (χ3n) is 6.16.